The zero-order valence-electron chi connectivity index (χ0n) is 17.5. The van der Waals surface area contributed by atoms with Crippen LogP contribution in [0, 0.1) is 0 Å². The molecule has 158 valence electrons. The van der Waals surface area contributed by atoms with Crippen molar-refractivity contribution in [3.05, 3.63) is 89.5 Å². The van der Waals surface area contributed by atoms with Gasteiger partial charge in [0.1, 0.15) is 0 Å². The summed E-state index contributed by atoms with van der Waals surface area (Å²) in [5.74, 6) is -0.154. The SMILES string of the molecule is CC(=O)Nc1cccc(NC(=O)NCc2ccc(CN3CCc4ccccc43)cc2)c1. The third kappa shape index (κ3) is 5.42. The molecule has 4 rings (SSSR count). The standard InChI is InChI=1S/C25H26N4O2/c1-18(30)27-22-6-4-7-23(15-22)28-25(31)26-16-19-9-11-20(12-10-19)17-29-14-13-21-5-2-3-8-24(21)29/h2-12,15H,13-14,16-17H2,1H3,(H,27,30)(H2,26,28,31). The first-order chi connectivity index (χ1) is 15.1. The Morgan fingerprint density at radius 1 is 0.871 bits per heavy atom. The van der Waals surface area contributed by atoms with E-state index in [1.165, 1.54) is 23.7 Å². The fourth-order valence-electron chi connectivity index (χ4n) is 3.79. The number of rotatable bonds is 6. The Morgan fingerprint density at radius 2 is 1.58 bits per heavy atom. The fourth-order valence-corrected chi connectivity index (χ4v) is 3.79. The van der Waals surface area contributed by atoms with E-state index in [-0.39, 0.29) is 11.9 Å². The first-order valence-corrected chi connectivity index (χ1v) is 10.4. The Kier molecular flexibility index (Phi) is 6.17. The summed E-state index contributed by atoms with van der Waals surface area (Å²) in [5.41, 5.74) is 6.28. The number of nitrogens with one attached hydrogen (secondary N) is 3. The fraction of sp³-hybridized carbons (Fsp3) is 0.200. The van der Waals surface area contributed by atoms with E-state index in [0.717, 1.165) is 25.1 Å². The topological polar surface area (TPSA) is 73.5 Å². The number of amides is 3. The highest BCUT2D eigenvalue weighted by atomic mass is 16.2. The van der Waals surface area contributed by atoms with E-state index in [9.17, 15) is 9.59 Å². The molecule has 0 aromatic heterocycles. The van der Waals surface area contributed by atoms with Gasteiger partial charge in [-0.2, -0.15) is 0 Å². The van der Waals surface area contributed by atoms with Crippen molar-refractivity contribution < 1.29 is 9.59 Å². The minimum Gasteiger partial charge on any atom is -0.367 e. The van der Waals surface area contributed by atoms with Crippen molar-refractivity contribution in [1.82, 2.24) is 5.32 Å². The average Bonchev–Trinajstić information content (AvgIpc) is 3.16. The molecule has 3 amide bonds. The normalized spacial score (nSPS) is 12.2. The molecule has 0 spiro atoms. The van der Waals surface area contributed by atoms with Gasteiger partial charge in [-0.05, 0) is 47.4 Å². The Labute approximate surface area is 182 Å². The summed E-state index contributed by atoms with van der Waals surface area (Å²) in [6.07, 6.45) is 1.10. The van der Waals surface area contributed by atoms with Crippen LogP contribution in [-0.2, 0) is 24.3 Å². The van der Waals surface area contributed by atoms with Gasteiger partial charge < -0.3 is 20.9 Å². The van der Waals surface area contributed by atoms with Crippen LogP contribution in [0.25, 0.3) is 0 Å². The largest absolute Gasteiger partial charge is 0.367 e. The van der Waals surface area contributed by atoms with Crippen molar-refractivity contribution in [2.75, 3.05) is 22.1 Å². The number of carbonyl (C=O) groups is 2. The van der Waals surface area contributed by atoms with Crippen LogP contribution < -0.4 is 20.9 Å². The molecule has 1 aliphatic heterocycles. The Hall–Kier alpha value is -3.80. The maximum atomic E-state index is 12.2. The van der Waals surface area contributed by atoms with Crippen LogP contribution in [0.4, 0.5) is 21.9 Å². The van der Waals surface area contributed by atoms with Crippen LogP contribution in [-0.4, -0.2) is 18.5 Å². The number of nitrogens with zero attached hydrogens (tertiary/aromatic N) is 1. The number of hydrogen-bond acceptors (Lipinski definition) is 3. The lowest BCUT2D eigenvalue weighted by atomic mass is 10.1. The molecule has 31 heavy (non-hydrogen) atoms. The molecule has 0 saturated heterocycles. The summed E-state index contributed by atoms with van der Waals surface area (Å²) >= 11 is 0. The Balaban J connectivity index is 1.28. The zero-order chi connectivity index (χ0) is 21.6. The lowest BCUT2D eigenvalue weighted by Gasteiger charge is -2.19. The summed E-state index contributed by atoms with van der Waals surface area (Å²) in [7, 11) is 0. The summed E-state index contributed by atoms with van der Waals surface area (Å²) in [4.78, 5) is 25.8. The second kappa shape index (κ2) is 9.34. The van der Waals surface area contributed by atoms with E-state index < -0.39 is 0 Å². The van der Waals surface area contributed by atoms with Crippen LogP contribution in [0.3, 0.4) is 0 Å². The molecule has 0 bridgehead atoms. The number of urea groups is 1. The second-order valence-electron chi connectivity index (χ2n) is 7.69. The first kappa shape index (κ1) is 20.5. The highest BCUT2D eigenvalue weighted by molar-refractivity contribution is 5.92. The summed E-state index contributed by atoms with van der Waals surface area (Å²) in [6, 6.07) is 23.7. The molecule has 3 aromatic carbocycles. The monoisotopic (exact) mass is 414 g/mol. The van der Waals surface area contributed by atoms with Gasteiger partial charge in [0.15, 0.2) is 0 Å². The summed E-state index contributed by atoms with van der Waals surface area (Å²) in [6.45, 7) is 3.81. The van der Waals surface area contributed by atoms with Crippen molar-refractivity contribution in [1.29, 1.82) is 0 Å². The van der Waals surface area contributed by atoms with E-state index in [1.54, 1.807) is 24.3 Å². The van der Waals surface area contributed by atoms with Crippen molar-refractivity contribution in [2.45, 2.75) is 26.4 Å². The number of para-hydroxylation sites is 1. The van der Waals surface area contributed by atoms with Gasteiger partial charge in [0.05, 0.1) is 0 Å². The third-order valence-corrected chi connectivity index (χ3v) is 5.27. The first-order valence-electron chi connectivity index (χ1n) is 10.4. The molecule has 0 aliphatic carbocycles. The van der Waals surface area contributed by atoms with Crippen LogP contribution in [0.5, 0.6) is 0 Å². The predicted molar refractivity (Wildman–Crippen MR) is 124 cm³/mol. The molecule has 6 heteroatoms. The number of hydrogen-bond donors (Lipinski definition) is 3. The number of fused-ring (bicyclic) bond motifs is 1. The molecule has 3 aromatic rings. The molecule has 1 heterocycles. The van der Waals surface area contributed by atoms with E-state index in [0.29, 0.717) is 17.9 Å². The molecule has 6 nitrogen and oxygen atoms in total. The molecule has 0 radical (unpaired) electrons. The lowest BCUT2D eigenvalue weighted by molar-refractivity contribution is -0.114. The minimum absolute atomic E-state index is 0.154. The lowest BCUT2D eigenvalue weighted by Crippen LogP contribution is -2.28. The molecule has 1 aliphatic rings. The molecule has 0 unspecified atom stereocenters. The van der Waals surface area contributed by atoms with Crippen molar-refractivity contribution in [3.8, 4) is 0 Å². The number of carbonyl (C=O) groups excluding carboxylic acids is 2. The van der Waals surface area contributed by atoms with Gasteiger partial charge in [-0.3, -0.25) is 4.79 Å². The van der Waals surface area contributed by atoms with Gasteiger partial charge >= 0.3 is 6.03 Å². The minimum atomic E-state index is -0.294. The van der Waals surface area contributed by atoms with Gasteiger partial charge in [-0.15, -0.1) is 0 Å². The third-order valence-electron chi connectivity index (χ3n) is 5.27. The van der Waals surface area contributed by atoms with E-state index in [4.69, 9.17) is 0 Å². The summed E-state index contributed by atoms with van der Waals surface area (Å²) < 4.78 is 0. The van der Waals surface area contributed by atoms with Crippen LogP contribution in [0.1, 0.15) is 23.6 Å². The molecule has 0 saturated carbocycles. The molecular weight excluding hydrogens is 388 g/mol. The Morgan fingerprint density at radius 3 is 2.35 bits per heavy atom. The van der Waals surface area contributed by atoms with Crippen molar-refractivity contribution in [3.63, 3.8) is 0 Å². The maximum absolute atomic E-state index is 12.2. The van der Waals surface area contributed by atoms with E-state index in [2.05, 4.69) is 69.4 Å². The molecule has 0 fully saturated rings. The molecule has 0 atom stereocenters. The van der Waals surface area contributed by atoms with Crippen LogP contribution >= 0.6 is 0 Å². The van der Waals surface area contributed by atoms with Gasteiger partial charge in [0, 0.05) is 43.6 Å². The van der Waals surface area contributed by atoms with Gasteiger partial charge in [0.25, 0.3) is 0 Å². The van der Waals surface area contributed by atoms with Gasteiger partial charge in [-0.25, -0.2) is 4.79 Å². The second-order valence-corrected chi connectivity index (χ2v) is 7.69. The highest BCUT2D eigenvalue weighted by Crippen LogP contribution is 2.28. The Bertz CT molecular complexity index is 1080. The molecular formula is C25H26N4O2. The predicted octanol–water partition coefficient (Wildman–Crippen LogP) is 4.53. The smallest absolute Gasteiger partial charge is 0.319 e. The van der Waals surface area contributed by atoms with Crippen LogP contribution in [0.2, 0.25) is 0 Å². The molecule has 3 N–H and O–H groups in total. The highest BCUT2D eigenvalue weighted by Gasteiger charge is 2.18. The number of benzene rings is 3. The maximum Gasteiger partial charge on any atom is 0.319 e. The van der Waals surface area contributed by atoms with E-state index in [1.807, 2.05) is 0 Å². The van der Waals surface area contributed by atoms with Crippen molar-refractivity contribution >= 4 is 29.0 Å². The van der Waals surface area contributed by atoms with Gasteiger partial charge in [-0.1, -0.05) is 48.5 Å². The van der Waals surface area contributed by atoms with Crippen LogP contribution in [0.15, 0.2) is 72.8 Å². The van der Waals surface area contributed by atoms with Crippen molar-refractivity contribution in [2.24, 2.45) is 0 Å². The average molecular weight is 415 g/mol. The number of anilines is 3. The van der Waals surface area contributed by atoms with Gasteiger partial charge in [0.2, 0.25) is 5.91 Å². The van der Waals surface area contributed by atoms with E-state index >= 15 is 0 Å². The quantitative estimate of drug-likeness (QED) is 0.555. The zero-order valence-corrected chi connectivity index (χ0v) is 17.5. The summed E-state index contributed by atoms with van der Waals surface area (Å²) in [5, 5.41) is 8.35.